The fraction of sp³-hybridized carbons (Fsp3) is 0.500. The molecular formula is C14H15BrO2. The molecule has 1 saturated heterocycles. The Balaban J connectivity index is 2.12. The highest BCUT2D eigenvalue weighted by molar-refractivity contribution is 9.10. The largest absolute Gasteiger partial charge is 0.381 e. The standard InChI is InChI=1S/C14H15BrO2/c15-11-2-3-12-10(9-11)1-4-13(16)14(12)5-7-17-8-6-14/h2-3,9H,1,4-8H2. The van der Waals surface area contributed by atoms with Gasteiger partial charge in [-0.1, -0.05) is 22.0 Å². The zero-order valence-electron chi connectivity index (χ0n) is 9.67. The minimum atomic E-state index is -0.244. The zero-order chi connectivity index (χ0) is 11.9. The number of hydrogen-bond acceptors (Lipinski definition) is 2. The number of Topliss-reactive ketones (excluding diaryl/α,β-unsaturated/α-hetero) is 1. The molecule has 3 heteroatoms. The van der Waals surface area contributed by atoms with Crippen LogP contribution in [0.15, 0.2) is 22.7 Å². The van der Waals surface area contributed by atoms with Gasteiger partial charge in [0.05, 0.1) is 5.41 Å². The minimum Gasteiger partial charge on any atom is -0.381 e. The first-order chi connectivity index (χ1) is 8.22. The van der Waals surface area contributed by atoms with Crippen LogP contribution in [0.25, 0.3) is 0 Å². The van der Waals surface area contributed by atoms with Crippen molar-refractivity contribution in [2.24, 2.45) is 0 Å². The van der Waals surface area contributed by atoms with E-state index in [2.05, 4.69) is 34.1 Å². The first-order valence-electron chi connectivity index (χ1n) is 6.12. The monoisotopic (exact) mass is 294 g/mol. The van der Waals surface area contributed by atoms with Gasteiger partial charge in [-0.05, 0) is 42.5 Å². The molecule has 2 aliphatic rings. The molecule has 0 saturated carbocycles. The predicted octanol–water partition coefficient (Wildman–Crippen LogP) is 3.01. The molecule has 0 unspecified atom stereocenters. The van der Waals surface area contributed by atoms with Crippen LogP contribution >= 0.6 is 15.9 Å². The Labute approximate surface area is 109 Å². The van der Waals surface area contributed by atoms with Gasteiger partial charge in [-0.3, -0.25) is 4.79 Å². The van der Waals surface area contributed by atoms with Gasteiger partial charge in [-0.25, -0.2) is 0 Å². The fourth-order valence-corrected chi connectivity index (χ4v) is 3.55. The molecule has 0 atom stereocenters. The fourth-order valence-electron chi connectivity index (χ4n) is 3.14. The summed E-state index contributed by atoms with van der Waals surface area (Å²) in [4.78, 5) is 12.4. The Hall–Kier alpha value is -0.670. The molecule has 1 aromatic rings. The zero-order valence-corrected chi connectivity index (χ0v) is 11.3. The number of halogens is 1. The molecule has 0 bridgehead atoms. The molecule has 1 aliphatic carbocycles. The van der Waals surface area contributed by atoms with Crippen molar-refractivity contribution in [3.05, 3.63) is 33.8 Å². The summed E-state index contributed by atoms with van der Waals surface area (Å²) >= 11 is 3.51. The van der Waals surface area contributed by atoms with Crippen molar-refractivity contribution in [1.82, 2.24) is 0 Å². The second-order valence-electron chi connectivity index (χ2n) is 4.92. The van der Waals surface area contributed by atoms with Gasteiger partial charge in [0.25, 0.3) is 0 Å². The van der Waals surface area contributed by atoms with E-state index < -0.39 is 0 Å². The quantitative estimate of drug-likeness (QED) is 0.735. The van der Waals surface area contributed by atoms with E-state index in [0.29, 0.717) is 25.4 Å². The lowest BCUT2D eigenvalue weighted by molar-refractivity contribution is -0.128. The van der Waals surface area contributed by atoms with Gasteiger partial charge in [-0.2, -0.15) is 0 Å². The molecule has 17 heavy (non-hydrogen) atoms. The Kier molecular flexibility index (Phi) is 2.83. The molecule has 1 aromatic carbocycles. The van der Waals surface area contributed by atoms with Crippen LogP contribution in [0, 0.1) is 0 Å². The summed E-state index contributed by atoms with van der Waals surface area (Å²) in [5, 5.41) is 0. The topological polar surface area (TPSA) is 26.3 Å². The van der Waals surface area contributed by atoms with Crippen LogP contribution in [-0.2, 0) is 21.4 Å². The van der Waals surface area contributed by atoms with Crippen LogP contribution in [0.4, 0.5) is 0 Å². The first-order valence-corrected chi connectivity index (χ1v) is 6.92. The van der Waals surface area contributed by atoms with Gasteiger partial charge >= 0.3 is 0 Å². The van der Waals surface area contributed by atoms with E-state index in [1.807, 2.05) is 0 Å². The van der Waals surface area contributed by atoms with E-state index >= 15 is 0 Å². The second kappa shape index (κ2) is 4.21. The number of hydrogen-bond donors (Lipinski definition) is 0. The summed E-state index contributed by atoms with van der Waals surface area (Å²) in [6.45, 7) is 1.42. The van der Waals surface area contributed by atoms with Crippen molar-refractivity contribution >= 4 is 21.7 Å². The van der Waals surface area contributed by atoms with Crippen LogP contribution in [-0.4, -0.2) is 19.0 Å². The molecule has 1 fully saturated rings. The van der Waals surface area contributed by atoms with Crippen LogP contribution in [0.1, 0.15) is 30.4 Å². The normalized spacial score (nSPS) is 22.5. The third-order valence-electron chi connectivity index (χ3n) is 4.08. The molecule has 1 heterocycles. The van der Waals surface area contributed by atoms with Gasteiger partial charge in [0, 0.05) is 24.1 Å². The highest BCUT2D eigenvalue weighted by Gasteiger charge is 2.44. The maximum absolute atomic E-state index is 12.4. The molecule has 0 aromatic heterocycles. The van der Waals surface area contributed by atoms with Crippen LogP contribution in [0.2, 0.25) is 0 Å². The number of ether oxygens (including phenoxy) is 1. The summed E-state index contributed by atoms with van der Waals surface area (Å²) in [7, 11) is 0. The summed E-state index contributed by atoms with van der Waals surface area (Å²) in [6.07, 6.45) is 3.26. The van der Waals surface area contributed by atoms with E-state index in [0.717, 1.165) is 23.7 Å². The predicted molar refractivity (Wildman–Crippen MR) is 69.2 cm³/mol. The van der Waals surface area contributed by atoms with Crippen LogP contribution in [0.5, 0.6) is 0 Å². The van der Waals surface area contributed by atoms with E-state index in [1.165, 1.54) is 11.1 Å². The van der Waals surface area contributed by atoms with Crippen molar-refractivity contribution in [2.75, 3.05) is 13.2 Å². The molecule has 0 N–H and O–H groups in total. The molecule has 0 radical (unpaired) electrons. The molecule has 0 amide bonds. The number of carbonyl (C=O) groups excluding carboxylic acids is 1. The Morgan fingerprint density at radius 3 is 2.71 bits per heavy atom. The Morgan fingerprint density at radius 1 is 1.18 bits per heavy atom. The van der Waals surface area contributed by atoms with Crippen LogP contribution < -0.4 is 0 Å². The van der Waals surface area contributed by atoms with Crippen molar-refractivity contribution in [2.45, 2.75) is 31.1 Å². The number of aryl methyl sites for hydroxylation is 1. The molecule has 3 rings (SSSR count). The van der Waals surface area contributed by atoms with Crippen LogP contribution in [0.3, 0.4) is 0 Å². The van der Waals surface area contributed by atoms with Gasteiger partial charge in [0.15, 0.2) is 0 Å². The van der Waals surface area contributed by atoms with E-state index in [4.69, 9.17) is 4.74 Å². The average molecular weight is 295 g/mol. The number of rotatable bonds is 0. The third kappa shape index (κ3) is 1.76. The highest BCUT2D eigenvalue weighted by Crippen LogP contribution is 2.42. The van der Waals surface area contributed by atoms with E-state index in [1.54, 1.807) is 0 Å². The number of benzene rings is 1. The summed E-state index contributed by atoms with van der Waals surface area (Å²) < 4.78 is 6.53. The van der Waals surface area contributed by atoms with Crippen molar-refractivity contribution < 1.29 is 9.53 Å². The lowest BCUT2D eigenvalue weighted by Crippen LogP contribution is -2.44. The summed E-state index contributed by atoms with van der Waals surface area (Å²) in [6, 6.07) is 6.34. The van der Waals surface area contributed by atoms with Gasteiger partial charge < -0.3 is 4.74 Å². The summed E-state index contributed by atoms with van der Waals surface area (Å²) in [5.74, 6) is 0.413. The minimum absolute atomic E-state index is 0.244. The lowest BCUT2D eigenvalue weighted by atomic mass is 9.65. The average Bonchev–Trinajstić information content (AvgIpc) is 2.35. The molecule has 2 nitrogen and oxygen atoms in total. The van der Waals surface area contributed by atoms with E-state index in [-0.39, 0.29) is 5.41 Å². The smallest absolute Gasteiger partial charge is 0.143 e. The van der Waals surface area contributed by atoms with E-state index in [9.17, 15) is 4.79 Å². The Morgan fingerprint density at radius 2 is 1.94 bits per heavy atom. The number of ketones is 1. The third-order valence-corrected chi connectivity index (χ3v) is 4.58. The number of carbonyl (C=O) groups is 1. The molecule has 1 aliphatic heterocycles. The molecule has 1 spiro atoms. The first kappa shape index (κ1) is 11.4. The maximum atomic E-state index is 12.4. The highest BCUT2D eigenvalue weighted by atomic mass is 79.9. The second-order valence-corrected chi connectivity index (χ2v) is 5.83. The number of fused-ring (bicyclic) bond motifs is 2. The molecular weight excluding hydrogens is 280 g/mol. The van der Waals surface area contributed by atoms with Crippen molar-refractivity contribution in [1.29, 1.82) is 0 Å². The summed E-state index contributed by atoms with van der Waals surface area (Å²) in [5.41, 5.74) is 2.34. The van der Waals surface area contributed by atoms with Gasteiger partial charge in [-0.15, -0.1) is 0 Å². The van der Waals surface area contributed by atoms with Gasteiger partial charge in [0.2, 0.25) is 0 Å². The van der Waals surface area contributed by atoms with Crippen molar-refractivity contribution in [3.8, 4) is 0 Å². The van der Waals surface area contributed by atoms with Crippen molar-refractivity contribution in [3.63, 3.8) is 0 Å². The molecule has 90 valence electrons. The SMILES string of the molecule is O=C1CCc2cc(Br)ccc2C12CCOCC2. The lowest BCUT2D eigenvalue weighted by Gasteiger charge is -2.40. The maximum Gasteiger partial charge on any atom is 0.143 e. The Bertz CT molecular complexity index is 461. The van der Waals surface area contributed by atoms with Gasteiger partial charge in [0.1, 0.15) is 5.78 Å².